The number of nitrogens with one attached hydrogen (secondary N) is 1. The number of hydrogen-bond donors (Lipinski definition) is 1. The summed E-state index contributed by atoms with van der Waals surface area (Å²) in [6.07, 6.45) is 8.43. The van der Waals surface area contributed by atoms with Crippen LogP contribution in [0.25, 0.3) is 0 Å². The monoisotopic (exact) mass is 199 g/mol. The van der Waals surface area contributed by atoms with Crippen molar-refractivity contribution in [1.29, 1.82) is 0 Å². The summed E-state index contributed by atoms with van der Waals surface area (Å²) in [5, 5.41) is 3.40. The highest BCUT2D eigenvalue weighted by Crippen LogP contribution is 2.20. The molecule has 1 unspecified atom stereocenters. The van der Waals surface area contributed by atoms with Gasteiger partial charge in [0.15, 0.2) is 0 Å². The zero-order valence-corrected chi connectivity index (χ0v) is 9.72. The van der Waals surface area contributed by atoms with Crippen molar-refractivity contribution in [2.45, 2.75) is 64.5 Å². The highest BCUT2D eigenvalue weighted by Gasteiger charge is 2.13. The van der Waals surface area contributed by atoms with Gasteiger partial charge in [0, 0.05) is 12.6 Å². The second-order valence-electron chi connectivity index (χ2n) is 4.38. The Hall–Kier alpha value is -0.0800. The van der Waals surface area contributed by atoms with Crippen LogP contribution in [0.5, 0.6) is 0 Å². The van der Waals surface area contributed by atoms with E-state index in [1.165, 1.54) is 32.1 Å². The van der Waals surface area contributed by atoms with Crippen molar-refractivity contribution in [3.8, 4) is 0 Å². The molecule has 84 valence electrons. The van der Waals surface area contributed by atoms with Crippen LogP contribution in [0.3, 0.4) is 0 Å². The molecule has 14 heavy (non-hydrogen) atoms. The van der Waals surface area contributed by atoms with Crippen molar-refractivity contribution in [2.24, 2.45) is 0 Å². The molecule has 1 aliphatic carbocycles. The van der Waals surface area contributed by atoms with Gasteiger partial charge in [-0.15, -0.1) is 0 Å². The first-order valence-electron chi connectivity index (χ1n) is 6.18. The molecule has 0 bridgehead atoms. The molecule has 0 aromatic rings. The van der Waals surface area contributed by atoms with Crippen molar-refractivity contribution in [2.75, 3.05) is 13.2 Å². The van der Waals surface area contributed by atoms with Crippen LogP contribution in [0.15, 0.2) is 0 Å². The molecule has 1 rings (SSSR count). The van der Waals surface area contributed by atoms with Crippen LogP contribution in [0.1, 0.15) is 52.4 Å². The average molecular weight is 199 g/mol. The Kier molecular flexibility index (Phi) is 6.20. The Morgan fingerprint density at radius 2 is 2.00 bits per heavy atom. The van der Waals surface area contributed by atoms with Gasteiger partial charge in [0.25, 0.3) is 0 Å². The van der Waals surface area contributed by atoms with Crippen molar-refractivity contribution >= 4 is 0 Å². The topological polar surface area (TPSA) is 21.3 Å². The predicted octanol–water partition coefficient (Wildman–Crippen LogP) is 2.72. The Bertz CT molecular complexity index is 132. The quantitative estimate of drug-likeness (QED) is 0.710. The fraction of sp³-hybridized carbons (Fsp3) is 1.00. The minimum Gasteiger partial charge on any atom is -0.378 e. The average Bonchev–Trinajstić information content (AvgIpc) is 2.20. The van der Waals surface area contributed by atoms with Crippen molar-refractivity contribution in [3.63, 3.8) is 0 Å². The van der Waals surface area contributed by atoms with Crippen LogP contribution in [0.4, 0.5) is 0 Å². The zero-order valence-electron chi connectivity index (χ0n) is 9.72. The SMILES string of the molecule is CCNC(C)CCOC1CCCCC1. The van der Waals surface area contributed by atoms with Gasteiger partial charge in [-0.05, 0) is 32.7 Å². The summed E-state index contributed by atoms with van der Waals surface area (Å²) in [4.78, 5) is 0. The fourth-order valence-corrected chi connectivity index (χ4v) is 2.09. The minimum atomic E-state index is 0.567. The highest BCUT2D eigenvalue weighted by atomic mass is 16.5. The van der Waals surface area contributed by atoms with Crippen LogP contribution in [-0.2, 0) is 4.74 Å². The lowest BCUT2D eigenvalue weighted by molar-refractivity contribution is 0.0243. The van der Waals surface area contributed by atoms with Crippen LogP contribution < -0.4 is 5.32 Å². The maximum Gasteiger partial charge on any atom is 0.0575 e. The van der Waals surface area contributed by atoms with E-state index in [1.54, 1.807) is 0 Å². The van der Waals surface area contributed by atoms with Gasteiger partial charge in [0.1, 0.15) is 0 Å². The van der Waals surface area contributed by atoms with Crippen molar-refractivity contribution in [1.82, 2.24) is 5.32 Å². The molecule has 1 aliphatic rings. The van der Waals surface area contributed by atoms with Gasteiger partial charge in [-0.2, -0.15) is 0 Å². The van der Waals surface area contributed by atoms with Gasteiger partial charge in [-0.3, -0.25) is 0 Å². The van der Waals surface area contributed by atoms with E-state index >= 15 is 0 Å². The van der Waals surface area contributed by atoms with Crippen LogP contribution in [0, 0.1) is 0 Å². The minimum absolute atomic E-state index is 0.567. The molecule has 0 radical (unpaired) electrons. The summed E-state index contributed by atoms with van der Waals surface area (Å²) in [6.45, 7) is 6.37. The Balaban J connectivity index is 1.96. The number of ether oxygens (including phenoxy) is 1. The van der Waals surface area contributed by atoms with Gasteiger partial charge in [0.2, 0.25) is 0 Å². The smallest absolute Gasteiger partial charge is 0.0575 e. The summed E-state index contributed by atoms with van der Waals surface area (Å²) in [6, 6.07) is 0.601. The van der Waals surface area contributed by atoms with E-state index in [4.69, 9.17) is 4.74 Å². The maximum absolute atomic E-state index is 5.86. The third-order valence-corrected chi connectivity index (χ3v) is 3.01. The highest BCUT2D eigenvalue weighted by molar-refractivity contribution is 4.66. The summed E-state index contributed by atoms with van der Waals surface area (Å²) in [5.41, 5.74) is 0. The normalized spacial score (nSPS) is 21.0. The number of rotatable bonds is 6. The van der Waals surface area contributed by atoms with Gasteiger partial charge < -0.3 is 10.1 Å². The Morgan fingerprint density at radius 3 is 2.64 bits per heavy atom. The molecule has 0 amide bonds. The van der Waals surface area contributed by atoms with Crippen molar-refractivity contribution in [3.05, 3.63) is 0 Å². The third kappa shape index (κ3) is 4.97. The maximum atomic E-state index is 5.86. The molecule has 1 fully saturated rings. The van der Waals surface area contributed by atoms with E-state index in [2.05, 4.69) is 19.2 Å². The summed E-state index contributed by atoms with van der Waals surface area (Å²) < 4.78 is 5.86. The predicted molar refractivity (Wildman–Crippen MR) is 60.6 cm³/mol. The molecule has 1 N–H and O–H groups in total. The lowest BCUT2D eigenvalue weighted by atomic mass is 9.98. The second-order valence-corrected chi connectivity index (χ2v) is 4.38. The van der Waals surface area contributed by atoms with E-state index in [-0.39, 0.29) is 0 Å². The van der Waals surface area contributed by atoms with Gasteiger partial charge in [0.05, 0.1) is 6.10 Å². The Labute approximate surface area is 88.4 Å². The molecule has 1 atom stereocenters. The first-order valence-corrected chi connectivity index (χ1v) is 6.18. The lowest BCUT2D eigenvalue weighted by Gasteiger charge is -2.22. The van der Waals surface area contributed by atoms with E-state index in [0.717, 1.165) is 19.6 Å². The molecule has 0 spiro atoms. The molecule has 0 heterocycles. The van der Waals surface area contributed by atoms with E-state index in [9.17, 15) is 0 Å². The lowest BCUT2D eigenvalue weighted by Crippen LogP contribution is -2.28. The molecule has 1 saturated carbocycles. The van der Waals surface area contributed by atoms with Crippen molar-refractivity contribution < 1.29 is 4.74 Å². The summed E-state index contributed by atoms with van der Waals surface area (Å²) in [5.74, 6) is 0. The van der Waals surface area contributed by atoms with E-state index < -0.39 is 0 Å². The standard InChI is InChI=1S/C12H25NO/c1-3-13-11(2)9-10-14-12-7-5-4-6-8-12/h11-13H,3-10H2,1-2H3. The van der Waals surface area contributed by atoms with Gasteiger partial charge >= 0.3 is 0 Å². The summed E-state index contributed by atoms with van der Waals surface area (Å²) in [7, 11) is 0. The van der Waals surface area contributed by atoms with Gasteiger partial charge in [-0.25, -0.2) is 0 Å². The van der Waals surface area contributed by atoms with Crippen LogP contribution in [-0.4, -0.2) is 25.3 Å². The molecule has 2 heteroatoms. The van der Waals surface area contributed by atoms with E-state index in [0.29, 0.717) is 12.1 Å². The van der Waals surface area contributed by atoms with E-state index in [1.807, 2.05) is 0 Å². The molecule has 0 aromatic heterocycles. The second kappa shape index (κ2) is 7.24. The first-order chi connectivity index (χ1) is 6.83. The molecular formula is C12H25NO. The fourth-order valence-electron chi connectivity index (χ4n) is 2.09. The largest absolute Gasteiger partial charge is 0.378 e. The molecule has 2 nitrogen and oxygen atoms in total. The molecule has 0 aliphatic heterocycles. The third-order valence-electron chi connectivity index (χ3n) is 3.01. The molecule has 0 aromatic carbocycles. The van der Waals surface area contributed by atoms with Gasteiger partial charge in [-0.1, -0.05) is 26.2 Å². The van der Waals surface area contributed by atoms with Crippen LogP contribution >= 0.6 is 0 Å². The molecule has 0 saturated heterocycles. The summed E-state index contributed by atoms with van der Waals surface area (Å²) >= 11 is 0. The zero-order chi connectivity index (χ0) is 10.2. The first kappa shape index (κ1) is 12.0. The Morgan fingerprint density at radius 1 is 1.29 bits per heavy atom. The number of hydrogen-bond acceptors (Lipinski definition) is 2. The molecular weight excluding hydrogens is 174 g/mol. The van der Waals surface area contributed by atoms with Crippen LogP contribution in [0.2, 0.25) is 0 Å².